The number of nitrogens with one attached hydrogen (secondary N) is 1. The van der Waals surface area contributed by atoms with Crippen LogP contribution >= 0.6 is 11.8 Å². The van der Waals surface area contributed by atoms with Crippen LogP contribution in [0.25, 0.3) is 0 Å². The lowest BCUT2D eigenvalue weighted by atomic mass is 9.77. The Kier molecular flexibility index (Phi) is 7.56. The molecule has 1 aliphatic rings. The van der Waals surface area contributed by atoms with E-state index in [0.717, 1.165) is 17.8 Å². The van der Waals surface area contributed by atoms with Gasteiger partial charge in [-0.05, 0) is 36.3 Å². The molecular weight excluding hydrogens is 228 g/mol. The van der Waals surface area contributed by atoms with Gasteiger partial charge >= 0.3 is 0 Å². The Morgan fingerprint density at radius 2 is 2.06 bits per heavy atom. The standard InChI is InChI=1S/C14H30N2S/c1-4-12-6-5-7-13(8-12)14(16-15)10-17-9-11(2)3/h11-14,16H,4-10,15H2,1-3H3. The van der Waals surface area contributed by atoms with E-state index in [4.69, 9.17) is 5.84 Å². The normalized spacial score (nSPS) is 27.4. The van der Waals surface area contributed by atoms with Crippen LogP contribution in [0.4, 0.5) is 0 Å². The van der Waals surface area contributed by atoms with Gasteiger partial charge in [-0.25, -0.2) is 0 Å². The molecule has 102 valence electrons. The van der Waals surface area contributed by atoms with Gasteiger partial charge in [-0.3, -0.25) is 11.3 Å². The Morgan fingerprint density at radius 3 is 2.65 bits per heavy atom. The molecule has 2 nitrogen and oxygen atoms in total. The molecule has 0 saturated heterocycles. The summed E-state index contributed by atoms with van der Waals surface area (Å²) in [5.74, 6) is 10.7. The monoisotopic (exact) mass is 258 g/mol. The molecule has 17 heavy (non-hydrogen) atoms. The van der Waals surface area contributed by atoms with Gasteiger partial charge in [0, 0.05) is 11.8 Å². The third-order valence-electron chi connectivity index (χ3n) is 3.93. The molecule has 3 heteroatoms. The number of rotatable bonds is 7. The summed E-state index contributed by atoms with van der Waals surface area (Å²) in [6, 6.07) is 0.521. The van der Waals surface area contributed by atoms with Crippen molar-refractivity contribution in [2.75, 3.05) is 11.5 Å². The van der Waals surface area contributed by atoms with Crippen molar-refractivity contribution in [1.29, 1.82) is 0 Å². The summed E-state index contributed by atoms with van der Waals surface area (Å²) >= 11 is 2.05. The van der Waals surface area contributed by atoms with E-state index in [-0.39, 0.29) is 0 Å². The minimum Gasteiger partial charge on any atom is -0.271 e. The largest absolute Gasteiger partial charge is 0.271 e. The maximum Gasteiger partial charge on any atom is 0.0329 e. The molecule has 3 atom stereocenters. The molecule has 0 radical (unpaired) electrons. The third kappa shape index (κ3) is 5.62. The van der Waals surface area contributed by atoms with E-state index in [1.54, 1.807) is 0 Å². The van der Waals surface area contributed by atoms with Gasteiger partial charge in [-0.15, -0.1) is 0 Å². The molecule has 0 heterocycles. The SMILES string of the molecule is CCC1CCCC(C(CSCC(C)C)NN)C1. The van der Waals surface area contributed by atoms with E-state index in [0.29, 0.717) is 6.04 Å². The molecule has 0 spiro atoms. The Morgan fingerprint density at radius 1 is 1.29 bits per heavy atom. The Bertz CT molecular complexity index is 197. The maximum absolute atomic E-state index is 5.74. The minimum atomic E-state index is 0.521. The number of hydrogen-bond donors (Lipinski definition) is 2. The van der Waals surface area contributed by atoms with Crippen LogP contribution in [0.1, 0.15) is 52.9 Å². The first-order valence-electron chi connectivity index (χ1n) is 7.21. The highest BCUT2D eigenvalue weighted by molar-refractivity contribution is 7.99. The van der Waals surface area contributed by atoms with E-state index in [1.165, 1.54) is 43.6 Å². The lowest BCUT2D eigenvalue weighted by molar-refractivity contribution is 0.219. The van der Waals surface area contributed by atoms with Gasteiger partial charge in [0.25, 0.3) is 0 Å². The van der Waals surface area contributed by atoms with Gasteiger partial charge in [0.2, 0.25) is 0 Å². The fourth-order valence-corrected chi connectivity index (χ4v) is 4.05. The van der Waals surface area contributed by atoms with Gasteiger partial charge in [0.05, 0.1) is 0 Å². The van der Waals surface area contributed by atoms with Crippen LogP contribution in [0.15, 0.2) is 0 Å². The number of thioether (sulfide) groups is 1. The molecule has 0 aromatic heterocycles. The predicted octanol–water partition coefficient (Wildman–Crippen LogP) is 3.42. The van der Waals surface area contributed by atoms with Crippen LogP contribution in [0.3, 0.4) is 0 Å². The number of hydrogen-bond acceptors (Lipinski definition) is 3. The van der Waals surface area contributed by atoms with Crippen LogP contribution in [0, 0.1) is 17.8 Å². The van der Waals surface area contributed by atoms with E-state index >= 15 is 0 Å². The van der Waals surface area contributed by atoms with Gasteiger partial charge in [0.15, 0.2) is 0 Å². The van der Waals surface area contributed by atoms with E-state index in [9.17, 15) is 0 Å². The summed E-state index contributed by atoms with van der Waals surface area (Å²) in [6.45, 7) is 6.89. The quantitative estimate of drug-likeness (QED) is 0.543. The molecule has 1 aliphatic carbocycles. The van der Waals surface area contributed by atoms with Crippen molar-refractivity contribution in [3.8, 4) is 0 Å². The van der Waals surface area contributed by atoms with Crippen molar-refractivity contribution in [3.63, 3.8) is 0 Å². The molecule has 0 aromatic rings. The van der Waals surface area contributed by atoms with Crippen LogP contribution in [0.2, 0.25) is 0 Å². The Labute approximate surface area is 111 Å². The summed E-state index contributed by atoms with van der Waals surface area (Å²) in [6.07, 6.45) is 6.92. The van der Waals surface area contributed by atoms with Gasteiger partial charge in [0.1, 0.15) is 0 Å². The molecule has 1 fully saturated rings. The molecule has 3 N–H and O–H groups in total. The minimum absolute atomic E-state index is 0.521. The molecule has 3 unspecified atom stereocenters. The lowest BCUT2D eigenvalue weighted by Gasteiger charge is -2.34. The molecule has 1 rings (SSSR count). The molecule has 1 saturated carbocycles. The maximum atomic E-state index is 5.74. The molecular formula is C14H30N2S. The van der Waals surface area contributed by atoms with Crippen molar-refractivity contribution >= 4 is 11.8 Å². The zero-order valence-electron chi connectivity index (χ0n) is 11.7. The topological polar surface area (TPSA) is 38.0 Å². The van der Waals surface area contributed by atoms with Crippen molar-refractivity contribution in [2.45, 2.75) is 58.9 Å². The highest BCUT2D eigenvalue weighted by Crippen LogP contribution is 2.33. The molecule has 0 aliphatic heterocycles. The second kappa shape index (κ2) is 8.39. The summed E-state index contributed by atoms with van der Waals surface area (Å²) in [4.78, 5) is 0. The highest BCUT2D eigenvalue weighted by Gasteiger charge is 2.26. The Balaban J connectivity index is 2.32. The summed E-state index contributed by atoms with van der Waals surface area (Å²) in [5.41, 5.74) is 3.07. The van der Waals surface area contributed by atoms with Gasteiger partial charge < -0.3 is 0 Å². The van der Waals surface area contributed by atoms with Gasteiger partial charge in [-0.1, -0.05) is 40.0 Å². The van der Waals surface area contributed by atoms with Crippen molar-refractivity contribution in [1.82, 2.24) is 5.43 Å². The average Bonchev–Trinajstić information content (AvgIpc) is 2.34. The zero-order valence-corrected chi connectivity index (χ0v) is 12.6. The molecule has 0 aromatic carbocycles. The first kappa shape index (κ1) is 15.3. The first-order valence-corrected chi connectivity index (χ1v) is 8.36. The Hall–Kier alpha value is 0.270. The van der Waals surface area contributed by atoms with E-state index in [2.05, 4.69) is 38.0 Å². The van der Waals surface area contributed by atoms with Crippen molar-refractivity contribution < 1.29 is 0 Å². The number of nitrogens with two attached hydrogens (primary N) is 1. The van der Waals surface area contributed by atoms with E-state index < -0.39 is 0 Å². The zero-order chi connectivity index (χ0) is 12.7. The second-order valence-electron chi connectivity index (χ2n) is 5.91. The fraction of sp³-hybridized carbons (Fsp3) is 1.00. The molecule has 0 bridgehead atoms. The first-order chi connectivity index (χ1) is 8.17. The van der Waals surface area contributed by atoms with Crippen molar-refractivity contribution in [3.05, 3.63) is 0 Å². The number of hydrazine groups is 1. The van der Waals surface area contributed by atoms with Crippen LogP contribution in [-0.2, 0) is 0 Å². The van der Waals surface area contributed by atoms with Crippen LogP contribution in [-0.4, -0.2) is 17.5 Å². The highest BCUT2D eigenvalue weighted by atomic mass is 32.2. The fourth-order valence-electron chi connectivity index (χ4n) is 2.82. The summed E-state index contributed by atoms with van der Waals surface area (Å²) in [7, 11) is 0. The second-order valence-corrected chi connectivity index (χ2v) is 6.98. The van der Waals surface area contributed by atoms with Crippen LogP contribution in [0.5, 0.6) is 0 Å². The van der Waals surface area contributed by atoms with Gasteiger partial charge in [-0.2, -0.15) is 11.8 Å². The third-order valence-corrected chi connectivity index (χ3v) is 5.43. The smallest absolute Gasteiger partial charge is 0.0329 e. The van der Waals surface area contributed by atoms with Crippen molar-refractivity contribution in [2.24, 2.45) is 23.6 Å². The molecule has 0 amide bonds. The van der Waals surface area contributed by atoms with E-state index in [1.807, 2.05) is 0 Å². The summed E-state index contributed by atoms with van der Waals surface area (Å²) in [5, 5.41) is 0. The average molecular weight is 258 g/mol. The van der Waals surface area contributed by atoms with Crippen LogP contribution < -0.4 is 11.3 Å². The predicted molar refractivity (Wildman–Crippen MR) is 79.0 cm³/mol. The lowest BCUT2D eigenvalue weighted by Crippen LogP contribution is -2.44. The summed E-state index contributed by atoms with van der Waals surface area (Å²) < 4.78 is 0.